The molecular weight excluding hydrogens is 454 g/mol. The first kappa shape index (κ1) is 23.1. The van der Waals surface area contributed by atoms with E-state index in [4.69, 9.17) is 4.74 Å². The van der Waals surface area contributed by atoms with Crippen LogP contribution in [0.15, 0.2) is 99.0 Å². The number of azo groups is 1. The van der Waals surface area contributed by atoms with Gasteiger partial charge in [0.25, 0.3) is 10.1 Å². The van der Waals surface area contributed by atoms with Gasteiger partial charge >= 0.3 is 0 Å². The van der Waals surface area contributed by atoms with E-state index in [1.807, 2.05) is 55.5 Å². The summed E-state index contributed by atoms with van der Waals surface area (Å²) in [4.78, 5) is 4.03. The number of phenolic OH excluding ortho intramolecular Hbond substituents is 1. The van der Waals surface area contributed by atoms with Gasteiger partial charge in [-0.1, -0.05) is 12.1 Å². The Morgan fingerprint density at radius 2 is 1.47 bits per heavy atom. The SMILES string of the molecule is CCOc1ccc(N=Nc2ccc(C=Nc3ccc4c(O)cc(S(=O)(=O)O)cc4c3)cc2)cc1. The van der Waals surface area contributed by atoms with Crippen molar-refractivity contribution in [2.75, 3.05) is 6.61 Å². The monoisotopic (exact) mass is 475 g/mol. The average molecular weight is 476 g/mol. The maximum atomic E-state index is 11.4. The number of aliphatic imine (C=N–C) groups is 1. The number of ether oxygens (including phenoxy) is 1. The number of phenols is 1. The first-order valence-corrected chi connectivity index (χ1v) is 11.8. The summed E-state index contributed by atoms with van der Waals surface area (Å²) in [6, 6.07) is 21.9. The van der Waals surface area contributed by atoms with Crippen LogP contribution in [0, 0.1) is 0 Å². The molecule has 0 radical (unpaired) electrons. The van der Waals surface area contributed by atoms with Crippen molar-refractivity contribution in [2.24, 2.45) is 15.2 Å². The summed E-state index contributed by atoms with van der Waals surface area (Å²) < 4.78 is 37.5. The second-order valence-electron chi connectivity index (χ2n) is 7.30. The minimum absolute atomic E-state index is 0.240. The van der Waals surface area contributed by atoms with Crippen LogP contribution in [0.5, 0.6) is 11.5 Å². The van der Waals surface area contributed by atoms with Crippen molar-refractivity contribution in [3.05, 3.63) is 84.4 Å². The minimum atomic E-state index is -4.44. The number of hydrogen-bond donors (Lipinski definition) is 2. The third-order valence-electron chi connectivity index (χ3n) is 4.87. The lowest BCUT2D eigenvalue weighted by molar-refractivity contribution is 0.340. The number of benzene rings is 4. The molecule has 9 heteroatoms. The van der Waals surface area contributed by atoms with Gasteiger partial charge in [-0.2, -0.15) is 18.6 Å². The maximum Gasteiger partial charge on any atom is 0.294 e. The molecule has 0 aliphatic heterocycles. The summed E-state index contributed by atoms with van der Waals surface area (Å²) in [5, 5.41) is 19.4. The van der Waals surface area contributed by atoms with E-state index >= 15 is 0 Å². The van der Waals surface area contributed by atoms with Gasteiger partial charge in [0.15, 0.2) is 0 Å². The highest BCUT2D eigenvalue weighted by atomic mass is 32.2. The first-order valence-electron chi connectivity index (χ1n) is 10.3. The number of fused-ring (bicyclic) bond motifs is 1. The Kier molecular flexibility index (Phi) is 6.67. The lowest BCUT2D eigenvalue weighted by atomic mass is 10.1. The van der Waals surface area contributed by atoms with Crippen LogP contribution in [0.3, 0.4) is 0 Å². The van der Waals surface area contributed by atoms with Crippen LogP contribution in [0.25, 0.3) is 10.8 Å². The van der Waals surface area contributed by atoms with Crippen molar-refractivity contribution in [2.45, 2.75) is 11.8 Å². The van der Waals surface area contributed by atoms with Gasteiger partial charge in [0, 0.05) is 17.7 Å². The summed E-state index contributed by atoms with van der Waals surface area (Å²) in [5.41, 5.74) is 2.78. The highest BCUT2D eigenvalue weighted by molar-refractivity contribution is 7.85. The van der Waals surface area contributed by atoms with E-state index in [1.165, 1.54) is 6.07 Å². The Hall–Kier alpha value is -4.08. The molecule has 8 nitrogen and oxygen atoms in total. The third-order valence-corrected chi connectivity index (χ3v) is 5.70. The van der Waals surface area contributed by atoms with Gasteiger partial charge < -0.3 is 9.84 Å². The van der Waals surface area contributed by atoms with Crippen molar-refractivity contribution >= 4 is 44.2 Å². The van der Waals surface area contributed by atoms with E-state index in [1.54, 1.807) is 24.4 Å². The molecule has 172 valence electrons. The second-order valence-corrected chi connectivity index (χ2v) is 8.72. The molecule has 0 atom stereocenters. The van der Waals surface area contributed by atoms with Gasteiger partial charge in [0.1, 0.15) is 11.5 Å². The molecule has 0 unspecified atom stereocenters. The molecule has 34 heavy (non-hydrogen) atoms. The molecule has 4 aromatic rings. The zero-order chi connectivity index (χ0) is 24.1. The van der Waals surface area contributed by atoms with Gasteiger partial charge in [-0.25, -0.2) is 0 Å². The largest absolute Gasteiger partial charge is 0.507 e. The Morgan fingerprint density at radius 1 is 0.853 bits per heavy atom. The second kappa shape index (κ2) is 9.82. The summed E-state index contributed by atoms with van der Waals surface area (Å²) in [5.74, 6) is 0.544. The van der Waals surface area contributed by atoms with Gasteiger partial charge in [0.05, 0.1) is 28.6 Å². The molecule has 0 aromatic heterocycles. The molecule has 0 saturated heterocycles. The standard InChI is InChI=1S/C25H21N3O5S/c1-2-33-22-10-7-20(8-11-22)28-27-19-5-3-17(4-6-19)16-26-21-9-12-24-18(13-21)14-23(15-25(24)29)34(30,31)32/h3-16,29H,2H2,1H3,(H,30,31,32). The Morgan fingerprint density at radius 3 is 2.09 bits per heavy atom. The van der Waals surface area contributed by atoms with Crippen LogP contribution < -0.4 is 4.74 Å². The quantitative estimate of drug-likeness (QED) is 0.183. The molecule has 0 fully saturated rings. The van der Waals surface area contributed by atoms with E-state index in [0.717, 1.165) is 17.4 Å². The fraction of sp³-hybridized carbons (Fsp3) is 0.0800. The number of rotatable bonds is 7. The molecule has 0 bridgehead atoms. The molecular formula is C25H21N3O5S. The van der Waals surface area contributed by atoms with E-state index in [2.05, 4.69) is 15.2 Å². The Balaban J connectivity index is 1.48. The van der Waals surface area contributed by atoms with Gasteiger partial charge in [-0.3, -0.25) is 9.55 Å². The molecule has 4 rings (SSSR count). The van der Waals surface area contributed by atoms with Crippen molar-refractivity contribution in [1.29, 1.82) is 0 Å². The van der Waals surface area contributed by atoms with E-state index in [0.29, 0.717) is 34.4 Å². The normalized spacial score (nSPS) is 12.1. The lowest BCUT2D eigenvalue weighted by Crippen LogP contribution is -1.97. The van der Waals surface area contributed by atoms with Crippen LogP contribution in [0.1, 0.15) is 12.5 Å². The number of aromatic hydroxyl groups is 1. The van der Waals surface area contributed by atoms with E-state index in [-0.39, 0.29) is 10.6 Å². The highest BCUT2D eigenvalue weighted by Crippen LogP contribution is 2.31. The fourth-order valence-electron chi connectivity index (χ4n) is 3.21. The summed E-state index contributed by atoms with van der Waals surface area (Å²) in [7, 11) is -4.44. The van der Waals surface area contributed by atoms with E-state index < -0.39 is 10.1 Å². The summed E-state index contributed by atoms with van der Waals surface area (Å²) in [6.07, 6.45) is 1.65. The van der Waals surface area contributed by atoms with Crippen LogP contribution >= 0.6 is 0 Å². The molecule has 0 aliphatic carbocycles. The predicted octanol–water partition coefficient (Wildman–Crippen LogP) is 6.36. The zero-order valence-corrected chi connectivity index (χ0v) is 19.0. The van der Waals surface area contributed by atoms with Crippen LogP contribution in [0.2, 0.25) is 0 Å². The molecule has 4 aromatic carbocycles. The average Bonchev–Trinajstić information content (AvgIpc) is 2.82. The maximum absolute atomic E-state index is 11.4. The van der Waals surface area contributed by atoms with Gasteiger partial charge in [-0.15, -0.1) is 0 Å². The fourth-order valence-corrected chi connectivity index (χ4v) is 3.74. The molecule has 0 amide bonds. The van der Waals surface area contributed by atoms with Crippen molar-refractivity contribution in [1.82, 2.24) is 0 Å². The number of nitrogens with zero attached hydrogens (tertiary/aromatic N) is 3. The Labute approximate surface area is 196 Å². The van der Waals surface area contributed by atoms with Crippen molar-refractivity contribution in [3.8, 4) is 11.5 Å². The third kappa shape index (κ3) is 5.64. The van der Waals surface area contributed by atoms with Crippen molar-refractivity contribution < 1.29 is 22.8 Å². The van der Waals surface area contributed by atoms with Crippen LogP contribution in [-0.2, 0) is 10.1 Å². The first-order chi connectivity index (χ1) is 16.3. The molecule has 0 aliphatic rings. The smallest absolute Gasteiger partial charge is 0.294 e. The molecule has 0 saturated carbocycles. The molecule has 0 spiro atoms. The lowest BCUT2D eigenvalue weighted by Gasteiger charge is -2.05. The zero-order valence-electron chi connectivity index (χ0n) is 18.2. The summed E-state index contributed by atoms with van der Waals surface area (Å²) >= 11 is 0. The van der Waals surface area contributed by atoms with Crippen LogP contribution in [-0.4, -0.2) is 30.9 Å². The number of hydrogen-bond acceptors (Lipinski definition) is 7. The highest BCUT2D eigenvalue weighted by Gasteiger charge is 2.13. The van der Waals surface area contributed by atoms with Gasteiger partial charge in [0.2, 0.25) is 0 Å². The summed E-state index contributed by atoms with van der Waals surface area (Å²) in [6.45, 7) is 2.54. The van der Waals surface area contributed by atoms with Crippen LogP contribution in [0.4, 0.5) is 17.1 Å². The molecule has 2 N–H and O–H groups in total. The minimum Gasteiger partial charge on any atom is -0.507 e. The van der Waals surface area contributed by atoms with E-state index in [9.17, 15) is 18.1 Å². The Bertz CT molecular complexity index is 1480. The van der Waals surface area contributed by atoms with Crippen molar-refractivity contribution in [3.63, 3.8) is 0 Å². The molecule has 0 heterocycles. The van der Waals surface area contributed by atoms with Gasteiger partial charge in [-0.05, 0) is 78.5 Å². The topological polar surface area (TPSA) is 121 Å². The predicted molar refractivity (Wildman–Crippen MR) is 131 cm³/mol.